The lowest BCUT2D eigenvalue weighted by atomic mass is 10.2. The van der Waals surface area contributed by atoms with Gasteiger partial charge in [-0.25, -0.2) is 18.1 Å². The van der Waals surface area contributed by atoms with Crippen molar-refractivity contribution in [3.05, 3.63) is 18.3 Å². The van der Waals surface area contributed by atoms with E-state index in [1.807, 2.05) is 13.8 Å². The van der Waals surface area contributed by atoms with E-state index in [4.69, 9.17) is 5.73 Å². The van der Waals surface area contributed by atoms with Crippen molar-refractivity contribution < 1.29 is 8.42 Å². The van der Waals surface area contributed by atoms with Crippen molar-refractivity contribution in [3.8, 4) is 0 Å². The Bertz CT molecular complexity index is 445. The van der Waals surface area contributed by atoms with Crippen molar-refractivity contribution in [2.24, 2.45) is 0 Å². The highest BCUT2D eigenvalue weighted by atomic mass is 32.2. The quantitative estimate of drug-likeness (QED) is 0.811. The summed E-state index contributed by atoms with van der Waals surface area (Å²) < 4.78 is 26.4. The summed E-state index contributed by atoms with van der Waals surface area (Å²) in [5, 5.41) is 0. The number of hydrogen-bond acceptors (Lipinski definition) is 4. The van der Waals surface area contributed by atoms with Gasteiger partial charge in [-0.2, -0.15) is 0 Å². The molecule has 0 radical (unpaired) electrons. The van der Waals surface area contributed by atoms with Crippen LogP contribution in [-0.4, -0.2) is 19.4 Å². The van der Waals surface area contributed by atoms with Gasteiger partial charge >= 0.3 is 0 Å². The summed E-state index contributed by atoms with van der Waals surface area (Å²) in [4.78, 5) is 3.80. The summed E-state index contributed by atoms with van der Waals surface area (Å²) in [5.74, 6) is 0.0266. The van der Waals surface area contributed by atoms with Crippen molar-refractivity contribution >= 4 is 15.8 Å². The molecule has 0 amide bonds. The fourth-order valence-electron chi connectivity index (χ4n) is 1.45. The summed E-state index contributed by atoms with van der Waals surface area (Å²) in [6.07, 6.45) is 3.18. The molecule has 1 unspecified atom stereocenters. The predicted octanol–water partition coefficient (Wildman–Crippen LogP) is 1.13. The monoisotopic (exact) mass is 243 g/mol. The SMILES string of the molecule is CCCC(C)NS(=O)(=O)c1cccnc1N. The highest BCUT2D eigenvalue weighted by molar-refractivity contribution is 7.89. The standard InChI is InChI=1S/C10H17N3O2S/c1-3-5-8(2)13-16(14,15)9-6-4-7-12-10(9)11/h4,6-8,13H,3,5H2,1-2H3,(H2,11,12). The molecule has 5 nitrogen and oxygen atoms in total. The Hall–Kier alpha value is -1.14. The number of nitrogens with two attached hydrogens (primary N) is 1. The first kappa shape index (κ1) is 12.9. The maximum atomic E-state index is 11.9. The molecule has 90 valence electrons. The molecule has 1 atom stereocenters. The van der Waals surface area contributed by atoms with E-state index >= 15 is 0 Å². The zero-order valence-corrected chi connectivity index (χ0v) is 10.3. The molecule has 3 N–H and O–H groups in total. The van der Waals surface area contributed by atoms with E-state index < -0.39 is 10.0 Å². The van der Waals surface area contributed by atoms with Gasteiger partial charge in [0.05, 0.1) is 0 Å². The lowest BCUT2D eigenvalue weighted by molar-refractivity contribution is 0.544. The van der Waals surface area contributed by atoms with Gasteiger partial charge in [0.15, 0.2) is 0 Å². The van der Waals surface area contributed by atoms with Crippen LogP contribution >= 0.6 is 0 Å². The molecule has 0 spiro atoms. The fraction of sp³-hybridized carbons (Fsp3) is 0.500. The number of anilines is 1. The summed E-state index contributed by atoms with van der Waals surface area (Å²) in [7, 11) is -3.55. The topological polar surface area (TPSA) is 85.1 Å². The maximum Gasteiger partial charge on any atom is 0.244 e. The molecule has 1 heterocycles. The number of nitrogens with zero attached hydrogens (tertiary/aromatic N) is 1. The number of pyridine rings is 1. The van der Waals surface area contributed by atoms with E-state index in [0.29, 0.717) is 0 Å². The molecule has 0 fully saturated rings. The Kier molecular flexibility index (Phi) is 4.26. The van der Waals surface area contributed by atoms with Crippen molar-refractivity contribution in [2.45, 2.75) is 37.6 Å². The van der Waals surface area contributed by atoms with E-state index in [-0.39, 0.29) is 16.8 Å². The molecule has 0 aliphatic carbocycles. The van der Waals surface area contributed by atoms with Gasteiger partial charge in [-0.05, 0) is 25.5 Å². The van der Waals surface area contributed by atoms with E-state index in [0.717, 1.165) is 12.8 Å². The Morgan fingerprint density at radius 3 is 2.81 bits per heavy atom. The highest BCUT2D eigenvalue weighted by Gasteiger charge is 2.19. The molecule has 0 aromatic carbocycles. The molecule has 1 rings (SSSR count). The van der Waals surface area contributed by atoms with Gasteiger partial charge in [0.2, 0.25) is 10.0 Å². The Balaban J connectivity index is 2.91. The molecule has 0 aliphatic rings. The highest BCUT2D eigenvalue weighted by Crippen LogP contribution is 2.15. The third kappa shape index (κ3) is 3.18. The minimum Gasteiger partial charge on any atom is -0.383 e. The Morgan fingerprint density at radius 1 is 1.56 bits per heavy atom. The summed E-state index contributed by atoms with van der Waals surface area (Å²) in [6, 6.07) is 2.90. The molecule has 1 aromatic heterocycles. The Labute approximate surface area is 96.1 Å². The average molecular weight is 243 g/mol. The smallest absolute Gasteiger partial charge is 0.244 e. The predicted molar refractivity (Wildman–Crippen MR) is 63.3 cm³/mol. The van der Waals surface area contributed by atoms with Crippen LogP contribution in [0.4, 0.5) is 5.82 Å². The zero-order chi connectivity index (χ0) is 12.2. The van der Waals surface area contributed by atoms with Gasteiger partial charge in [0, 0.05) is 12.2 Å². The van der Waals surface area contributed by atoms with Crippen LogP contribution in [0.25, 0.3) is 0 Å². The average Bonchev–Trinajstić information content (AvgIpc) is 2.17. The normalized spacial score (nSPS) is 13.6. The summed E-state index contributed by atoms with van der Waals surface area (Å²) in [6.45, 7) is 3.83. The first-order valence-corrected chi connectivity index (χ1v) is 6.68. The minimum atomic E-state index is -3.55. The molecule has 6 heteroatoms. The first-order chi connectivity index (χ1) is 7.47. The lowest BCUT2D eigenvalue weighted by Crippen LogP contribution is -2.33. The van der Waals surface area contributed by atoms with E-state index in [1.54, 1.807) is 6.07 Å². The fourth-order valence-corrected chi connectivity index (χ4v) is 2.81. The van der Waals surface area contributed by atoms with Crippen LogP contribution in [-0.2, 0) is 10.0 Å². The van der Waals surface area contributed by atoms with Gasteiger partial charge in [-0.1, -0.05) is 13.3 Å². The maximum absolute atomic E-state index is 11.9. The molecular weight excluding hydrogens is 226 g/mol. The second kappa shape index (κ2) is 5.27. The number of nitrogens with one attached hydrogen (secondary N) is 1. The van der Waals surface area contributed by atoms with Gasteiger partial charge in [0.25, 0.3) is 0 Å². The molecular formula is C10H17N3O2S. The van der Waals surface area contributed by atoms with Gasteiger partial charge in [-0.15, -0.1) is 0 Å². The van der Waals surface area contributed by atoms with Crippen LogP contribution in [0.5, 0.6) is 0 Å². The second-order valence-electron chi connectivity index (χ2n) is 3.70. The van der Waals surface area contributed by atoms with Gasteiger partial charge < -0.3 is 5.73 Å². The van der Waals surface area contributed by atoms with Crippen LogP contribution in [0.3, 0.4) is 0 Å². The van der Waals surface area contributed by atoms with Crippen molar-refractivity contribution in [1.29, 1.82) is 0 Å². The summed E-state index contributed by atoms with van der Waals surface area (Å²) in [5.41, 5.74) is 5.53. The summed E-state index contributed by atoms with van der Waals surface area (Å²) >= 11 is 0. The number of sulfonamides is 1. The van der Waals surface area contributed by atoms with Crippen LogP contribution < -0.4 is 10.5 Å². The largest absolute Gasteiger partial charge is 0.383 e. The van der Waals surface area contributed by atoms with Crippen molar-refractivity contribution in [2.75, 3.05) is 5.73 Å². The lowest BCUT2D eigenvalue weighted by Gasteiger charge is -2.13. The van der Waals surface area contributed by atoms with E-state index in [2.05, 4.69) is 9.71 Å². The molecule has 1 aromatic rings. The number of hydrogen-bond donors (Lipinski definition) is 2. The van der Waals surface area contributed by atoms with Gasteiger partial charge in [0.1, 0.15) is 10.7 Å². The molecule has 0 saturated heterocycles. The third-order valence-corrected chi connectivity index (χ3v) is 3.80. The molecule has 16 heavy (non-hydrogen) atoms. The zero-order valence-electron chi connectivity index (χ0n) is 9.47. The van der Waals surface area contributed by atoms with Crippen molar-refractivity contribution in [3.63, 3.8) is 0 Å². The molecule has 0 aliphatic heterocycles. The van der Waals surface area contributed by atoms with Gasteiger partial charge in [-0.3, -0.25) is 0 Å². The number of nitrogen functional groups attached to an aromatic ring is 1. The number of rotatable bonds is 5. The molecule has 0 saturated carbocycles. The first-order valence-electron chi connectivity index (χ1n) is 5.20. The minimum absolute atomic E-state index is 0.0266. The number of aromatic nitrogens is 1. The third-order valence-electron chi connectivity index (χ3n) is 2.17. The van der Waals surface area contributed by atoms with Crippen molar-refractivity contribution in [1.82, 2.24) is 9.71 Å². The molecule has 0 bridgehead atoms. The van der Waals surface area contributed by atoms with Crippen LogP contribution in [0.2, 0.25) is 0 Å². The van der Waals surface area contributed by atoms with E-state index in [1.165, 1.54) is 12.3 Å². The van der Waals surface area contributed by atoms with Crippen LogP contribution in [0.15, 0.2) is 23.2 Å². The Morgan fingerprint density at radius 2 is 2.25 bits per heavy atom. The second-order valence-corrected chi connectivity index (χ2v) is 5.38. The van der Waals surface area contributed by atoms with Crippen LogP contribution in [0.1, 0.15) is 26.7 Å². The van der Waals surface area contributed by atoms with E-state index in [9.17, 15) is 8.42 Å². The van der Waals surface area contributed by atoms with Crippen LogP contribution in [0, 0.1) is 0 Å².